The third-order valence-corrected chi connectivity index (χ3v) is 3.35. The fraction of sp³-hybridized carbons (Fsp3) is 0.250. The summed E-state index contributed by atoms with van der Waals surface area (Å²) in [5, 5.41) is 13.7. The van der Waals surface area contributed by atoms with E-state index in [-0.39, 0.29) is 12.6 Å². The Balaban J connectivity index is 2.25. The molecule has 2 rings (SSSR count). The number of rotatable bonds is 4. The molecule has 0 saturated heterocycles. The molecule has 0 saturated carbocycles. The zero-order chi connectivity index (χ0) is 13.1. The molecule has 2 aromatic rings. The molecule has 1 atom stereocenters. The van der Waals surface area contributed by atoms with Crippen LogP contribution in [0.5, 0.6) is 0 Å². The highest BCUT2D eigenvalue weighted by molar-refractivity contribution is 6.33. The summed E-state index contributed by atoms with van der Waals surface area (Å²) in [6.45, 7) is -0.105. The van der Waals surface area contributed by atoms with Gasteiger partial charge in [-0.3, -0.25) is 0 Å². The van der Waals surface area contributed by atoms with Crippen LogP contribution in [-0.2, 0) is 7.05 Å². The standard InChI is InChI=1S/C12H13Cl2N3O/c1-17-11(14)6-15-12(17)10(7-18)16-9-5-3-2-4-8(9)13/h2-6,10,16,18H,7H2,1H3. The number of aliphatic hydroxyl groups excluding tert-OH is 1. The van der Waals surface area contributed by atoms with Crippen LogP contribution in [0.2, 0.25) is 10.2 Å². The Kier molecular flexibility index (Phi) is 4.11. The Morgan fingerprint density at radius 2 is 2.11 bits per heavy atom. The molecular formula is C12H13Cl2N3O. The summed E-state index contributed by atoms with van der Waals surface area (Å²) in [7, 11) is 1.79. The first-order valence-corrected chi connectivity index (χ1v) is 6.18. The van der Waals surface area contributed by atoms with Gasteiger partial charge in [-0.1, -0.05) is 35.3 Å². The number of nitrogens with zero attached hydrogens (tertiary/aromatic N) is 2. The zero-order valence-electron chi connectivity index (χ0n) is 9.77. The molecule has 96 valence electrons. The second kappa shape index (κ2) is 5.61. The minimum absolute atomic E-state index is 0.105. The van der Waals surface area contributed by atoms with E-state index in [2.05, 4.69) is 10.3 Å². The SMILES string of the molecule is Cn1c(Cl)cnc1C(CO)Nc1ccccc1Cl. The lowest BCUT2D eigenvalue weighted by molar-refractivity contribution is 0.270. The van der Waals surface area contributed by atoms with Crippen molar-refractivity contribution in [3.8, 4) is 0 Å². The van der Waals surface area contributed by atoms with Gasteiger partial charge >= 0.3 is 0 Å². The molecular weight excluding hydrogens is 273 g/mol. The van der Waals surface area contributed by atoms with Crippen molar-refractivity contribution in [3.05, 3.63) is 46.5 Å². The maximum atomic E-state index is 9.46. The van der Waals surface area contributed by atoms with Gasteiger partial charge in [0.2, 0.25) is 0 Å². The minimum Gasteiger partial charge on any atom is -0.394 e. The van der Waals surface area contributed by atoms with E-state index >= 15 is 0 Å². The highest BCUT2D eigenvalue weighted by Crippen LogP contribution is 2.26. The smallest absolute Gasteiger partial charge is 0.134 e. The van der Waals surface area contributed by atoms with Crippen LogP contribution in [0.25, 0.3) is 0 Å². The van der Waals surface area contributed by atoms with Gasteiger partial charge in [-0.25, -0.2) is 4.98 Å². The van der Waals surface area contributed by atoms with Crippen molar-refractivity contribution in [3.63, 3.8) is 0 Å². The van der Waals surface area contributed by atoms with Crippen LogP contribution in [0.4, 0.5) is 5.69 Å². The number of aliphatic hydroxyl groups is 1. The molecule has 2 N–H and O–H groups in total. The number of imidazole rings is 1. The first kappa shape index (κ1) is 13.2. The van der Waals surface area contributed by atoms with Crippen LogP contribution >= 0.6 is 23.2 Å². The van der Waals surface area contributed by atoms with E-state index in [0.29, 0.717) is 16.0 Å². The van der Waals surface area contributed by atoms with Crippen molar-refractivity contribution in [1.29, 1.82) is 0 Å². The fourth-order valence-electron chi connectivity index (χ4n) is 1.68. The summed E-state index contributed by atoms with van der Waals surface area (Å²) in [5.74, 6) is 0.655. The molecule has 1 unspecified atom stereocenters. The Bertz CT molecular complexity index is 542. The van der Waals surface area contributed by atoms with E-state index in [1.54, 1.807) is 23.9 Å². The molecule has 1 aromatic carbocycles. The zero-order valence-corrected chi connectivity index (χ0v) is 11.3. The van der Waals surface area contributed by atoms with Crippen molar-refractivity contribution >= 4 is 28.9 Å². The predicted octanol–water partition coefficient (Wildman–Crippen LogP) is 2.87. The Labute approximate surface area is 115 Å². The summed E-state index contributed by atoms with van der Waals surface area (Å²) in [4.78, 5) is 4.18. The van der Waals surface area contributed by atoms with Crippen molar-refractivity contribution in [2.45, 2.75) is 6.04 Å². The molecule has 0 bridgehead atoms. The highest BCUT2D eigenvalue weighted by Gasteiger charge is 2.17. The largest absolute Gasteiger partial charge is 0.394 e. The normalized spacial score (nSPS) is 12.4. The lowest BCUT2D eigenvalue weighted by Gasteiger charge is -2.18. The van der Waals surface area contributed by atoms with Crippen molar-refractivity contribution in [1.82, 2.24) is 9.55 Å². The summed E-state index contributed by atoms with van der Waals surface area (Å²) < 4.78 is 1.71. The van der Waals surface area contributed by atoms with E-state index in [0.717, 1.165) is 5.69 Å². The van der Waals surface area contributed by atoms with Crippen LogP contribution in [0.15, 0.2) is 30.5 Å². The Hall–Kier alpha value is -1.23. The number of aromatic nitrogens is 2. The molecule has 0 spiro atoms. The monoisotopic (exact) mass is 285 g/mol. The van der Waals surface area contributed by atoms with E-state index in [4.69, 9.17) is 23.2 Å². The number of anilines is 1. The molecule has 0 aliphatic carbocycles. The van der Waals surface area contributed by atoms with Crippen LogP contribution < -0.4 is 5.32 Å². The number of para-hydroxylation sites is 1. The van der Waals surface area contributed by atoms with Crippen molar-refractivity contribution in [2.75, 3.05) is 11.9 Å². The average molecular weight is 286 g/mol. The van der Waals surface area contributed by atoms with Gasteiger partial charge in [0, 0.05) is 7.05 Å². The van der Waals surface area contributed by atoms with Gasteiger partial charge in [0.05, 0.1) is 23.5 Å². The Morgan fingerprint density at radius 3 is 2.67 bits per heavy atom. The molecule has 0 amide bonds. The van der Waals surface area contributed by atoms with Gasteiger partial charge in [-0.15, -0.1) is 0 Å². The molecule has 1 heterocycles. The molecule has 4 nitrogen and oxygen atoms in total. The average Bonchev–Trinajstić information content (AvgIpc) is 2.70. The lowest BCUT2D eigenvalue weighted by atomic mass is 10.2. The Morgan fingerprint density at radius 1 is 1.39 bits per heavy atom. The molecule has 1 aromatic heterocycles. The predicted molar refractivity (Wildman–Crippen MR) is 73.1 cm³/mol. The maximum absolute atomic E-state index is 9.46. The molecule has 0 fully saturated rings. The summed E-state index contributed by atoms with van der Waals surface area (Å²) in [5.41, 5.74) is 0.748. The van der Waals surface area contributed by atoms with E-state index < -0.39 is 0 Å². The van der Waals surface area contributed by atoms with Gasteiger partial charge in [-0.05, 0) is 12.1 Å². The number of nitrogens with one attached hydrogen (secondary N) is 1. The quantitative estimate of drug-likeness (QED) is 0.908. The molecule has 0 radical (unpaired) electrons. The first-order valence-electron chi connectivity index (χ1n) is 5.42. The van der Waals surface area contributed by atoms with Crippen LogP contribution in [-0.4, -0.2) is 21.3 Å². The third kappa shape index (κ3) is 2.61. The van der Waals surface area contributed by atoms with Crippen molar-refractivity contribution in [2.24, 2.45) is 7.05 Å². The highest BCUT2D eigenvalue weighted by atomic mass is 35.5. The molecule has 0 aliphatic rings. The molecule has 0 aliphatic heterocycles. The maximum Gasteiger partial charge on any atom is 0.134 e. The first-order chi connectivity index (χ1) is 8.63. The number of hydrogen-bond acceptors (Lipinski definition) is 3. The fourth-order valence-corrected chi connectivity index (χ4v) is 2.01. The molecule has 6 heteroatoms. The lowest BCUT2D eigenvalue weighted by Crippen LogP contribution is -2.19. The van der Waals surface area contributed by atoms with Crippen LogP contribution in [0, 0.1) is 0 Å². The summed E-state index contributed by atoms with van der Waals surface area (Å²) in [6.07, 6.45) is 1.55. The van der Waals surface area contributed by atoms with Gasteiger partial charge < -0.3 is 15.0 Å². The molecule has 18 heavy (non-hydrogen) atoms. The van der Waals surface area contributed by atoms with E-state index in [1.165, 1.54) is 0 Å². The van der Waals surface area contributed by atoms with Crippen LogP contribution in [0.3, 0.4) is 0 Å². The topological polar surface area (TPSA) is 50.1 Å². The third-order valence-electron chi connectivity index (χ3n) is 2.67. The van der Waals surface area contributed by atoms with Crippen molar-refractivity contribution < 1.29 is 5.11 Å². The number of hydrogen-bond donors (Lipinski definition) is 2. The van der Waals surface area contributed by atoms with Gasteiger partial charge in [0.1, 0.15) is 17.0 Å². The number of benzene rings is 1. The van der Waals surface area contributed by atoms with Gasteiger partial charge in [0.25, 0.3) is 0 Å². The summed E-state index contributed by atoms with van der Waals surface area (Å²) >= 11 is 12.0. The van der Waals surface area contributed by atoms with Gasteiger partial charge in [-0.2, -0.15) is 0 Å². The second-order valence-corrected chi connectivity index (χ2v) is 4.65. The minimum atomic E-state index is -0.359. The van der Waals surface area contributed by atoms with Crippen LogP contribution in [0.1, 0.15) is 11.9 Å². The second-order valence-electron chi connectivity index (χ2n) is 3.86. The number of halogens is 2. The van der Waals surface area contributed by atoms with Gasteiger partial charge in [0.15, 0.2) is 0 Å². The van der Waals surface area contributed by atoms with E-state index in [9.17, 15) is 5.11 Å². The van der Waals surface area contributed by atoms with E-state index in [1.807, 2.05) is 18.2 Å². The summed E-state index contributed by atoms with van der Waals surface area (Å²) in [6, 6.07) is 6.98.